The molecular formula is C27H45NO6. The van der Waals surface area contributed by atoms with E-state index < -0.39 is 5.60 Å². The first kappa shape index (κ1) is 28.2. The second kappa shape index (κ2) is 13.2. The number of carbonyl (C=O) groups is 1. The Bertz CT molecular complexity index is 760. The minimum atomic E-state index is -0.526. The van der Waals surface area contributed by atoms with Crippen molar-refractivity contribution in [1.29, 1.82) is 0 Å². The largest absolute Gasteiger partial charge is 0.493 e. The normalized spacial score (nSPS) is 19.4. The highest BCUT2D eigenvalue weighted by molar-refractivity contribution is 5.68. The van der Waals surface area contributed by atoms with Gasteiger partial charge in [0.1, 0.15) is 5.60 Å². The molecule has 194 valence electrons. The summed E-state index contributed by atoms with van der Waals surface area (Å²) in [6.07, 6.45) is 2.37. The number of benzene rings is 1. The molecule has 0 saturated carbocycles. The number of aliphatic hydroxyl groups is 1. The minimum absolute atomic E-state index is 0.0734. The number of amides is 1. The molecule has 1 N–H and O–H groups in total. The van der Waals surface area contributed by atoms with Crippen LogP contribution >= 0.6 is 0 Å². The highest BCUT2D eigenvalue weighted by Crippen LogP contribution is 2.35. The van der Waals surface area contributed by atoms with Crippen molar-refractivity contribution in [2.45, 2.75) is 59.5 Å². The van der Waals surface area contributed by atoms with E-state index in [2.05, 4.69) is 26.0 Å². The molecule has 0 bridgehead atoms. The molecule has 1 fully saturated rings. The van der Waals surface area contributed by atoms with Gasteiger partial charge in [0.05, 0.1) is 13.7 Å². The third-order valence-corrected chi connectivity index (χ3v) is 6.49. The fourth-order valence-electron chi connectivity index (χ4n) is 4.52. The molecule has 1 heterocycles. The molecule has 2 rings (SSSR count). The van der Waals surface area contributed by atoms with E-state index in [-0.39, 0.29) is 24.5 Å². The van der Waals surface area contributed by atoms with Crippen molar-refractivity contribution in [3.8, 4) is 11.5 Å². The van der Waals surface area contributed by atoms with Crippen molar-refractivity contribution in [1.82, 2.24) is 4.90 Å². The molecule has 7 heteroatoms. The van der Waals surface area contributed by atoms with Crippen molar-refractivity contribution in [3.63, 3.8) is 0 Å². The van der Waals surface area contributed by atoms with Crippen LogP contribution in [0.5, 0.6) is 11.5 Å². The van der Waals surface area contributed by atoms with Gasteiger partial charge in [-0.15, -0.1) is 0 Å². The van der Waals surface area contributed by atoms with Gasteiger partial charge in [-0.1, -0.05) is 19.9 Å². The fourth-order valence-corrected chi connectivity index (χ4v) is 4.52. The number of methoxy groups -OCH3 is 2. The van der Waals surface area contributed by atoms with E-state index in [0.29, 0.717) is 38.1 Å². The Kier molecular flexibility index (Phi) is 11.0. The summed E-state index contributed by atoms with van der Waals surface area (Å²) in [5.41, 5.74) is 0.672. The van der Waals surface area contributed by atoms with Gasteiger partial charge in [-0.3, -0.25) is 0 Å². The maximum absolute atomic E-state index is 12.6. The lowest BCUT2D eigenvalue weighted by Gasteiger charge is -2.27. The zero-order valence-electron chi connectivity index (χ0n) is 22.1. The Morgan fingerprint density at radius 1 is 1.12 bits per heavy atom. The molecule has 0 aliphatic carbocycles. The van der Waals surface area contributed by atoms with Crippen LogP contribution in [-0.2, 0) is 15.9 Å². The summed E-state index contributed by atoms with van der Waals surface area (Å²) in [5, 5.41) is 10.0. The second-order valence-electron chi connectivity index (χ2n) is 10.7. The Morgan fingerprint density at radius 3 is 2.41 bits per heavy atom. The van der Waals surface area contributed by atoms with Crippen molar-refractivity contribution in [2.75, 3.05) is 47.1 Å². The number of hydrogen-bond donors (Lipinski definition) is 1. The SMILES string of the molecule is COCCCOc1cc(C[C@@H](C[C@@H]2CN(C(=O)OC(C)(C)C)C[C@H]2CO)C(C)C)ccc1OC. The molecule has 3 atom stereocenters. The first-order chi connectivity index (χ1) is 16.1. The molecule has 0 radical (unpaired) electrons. The van der Waals surface area contributed by atoms with Crippen LogP contribution in [-0.4, -0.2) is 68.8 Å². The van der Waals surface area contributed by atoms with Gasteiger partial charge in [-0.25, -0.2) is 4.79 Å². The predicted molar refractivity (Wildman–Crippen MR) is 134 cm³/mol. The first-order valence-electron chi connectivity index (χ1n) is 12.4. The molecule has 1 aliphatic rings. The van der Waals surface area contributed by atoms with Gasteiger partial charge in [0.15, 0.2) is 11.5 Å². The number of aliphatic hydroxyl groups excluding tert-OH is 1. The maximum Gasteiger partial charge on any atom is 0.410 e. The zero-order valence-corrected chi connectivity index (χ0v) is 22.1. The van der Waals surface area contributed by atoms with E-state index in [1.165, 1.54) is 5.56 Å². The van der Waals surface area contributed by atoms with E-state index in [4.69, 9.17) is 18.9 Å². The Labute approximate surface area is 205 Å². The minimum Gasteiger partial charge on any atom is -0.493 e. The number of nitrogens with zero attached hydrogens (tertiary/aromatic N) is 1. The quantitative estimate of drug-likeness (QED) is 0.434. The van der Waals surface area contributed by atoms with E-state index in [1.54, 1.807) is 19.1 Å². The third kappa shape index (κ3) is 8.66. The van der Waals surface area contributed by atoms with Crippen molar-refractivity contribution >= 4 is 6.09 Å². The van der Waals surface area contributed by atoms with E-state index in [1.807, 2.05) is 26.8 Å². The topological polar surface area (TPSA) is 77.5 Å². The van der Waals surface area contributed by atoms with E-state index in [9.17, 15) is 9.90 Å². The molecule has 1 saturated heterocycles. The molecule has 34 heavy (non-hydrogen) atoms. The number of likely N-dealkylation sites (tertiary alicyclic amines) is 1. The lowest BCUT2D eigenvalue weighted by Crippen LogP contribution is -2.35. The van der Waals surface area contributed by atoms with Crippen LogP contribution < -0.4 is 9.47 Å². The van der Waals surface area contributed by atoms with Gasteiger partial charge >= 0.3 is 6.09 Å². The monoisotopic (exact) mass is 479 g/mol. The molecule has 0 unspecified atom stereocenters. The van der Waals surface area contributed by atoms with Gasteiger partial charge < -0.3 is 29.0 Å². The summed E-state index contributed by atoms with van der Waals surface area (Å²) in [6.45, 7) is 12.6. The Balaban J connectivity index is 2.08. The highest BCUT2D eigenvalue weighted by Gasteiger charge is 2.38. The zero-order chi connectivity index (χ0) is 25.3. The highest BCUT2D eigenvalue weighted by atomic mass is 16.6. The molecule has 1 amide bonds. The van der Waals surface area contributed by atoms with Gasteiger partial charge in [-0.2, -0.15) is 0 Å². The van der Waals surface area contributed by atoms with Crippen molar-refractivity contribution in [2.24, 2.45) is 23.7 Å². The average Bonchev–Trinajstić information content (AvgIpc) is 3.18. The Hall–Kier alpha value is -1.99. The summed E-state index contributed by atoms with van der Waals surface area (Å²) in [5.74, 6) is 2.67. The molecule has 0 spiro atoms. The molecule has 1 aromatic rings. The van der Waals surface area contributed by atoms with Gasteiger partial charge in [0, 0.05) is 45.8 Å². The van der Waals surface area contributed by atoms with Crippen LogP contribution in [0.4, 0.5) is 4.79 Å². The molecule has 0 aromatic heterocycles. The van der Waals surface area contributed by atoms with Crippen LogP contribution in [0, 0.1) is 23.7 Å². The van der Waals surface area contributed by atoms with Crippen LogP contribution in [0.2, 0.25) is 0 Å². The van der Waals surface area contributed by atoms with Gasteiger partial charge in [-0.05, 0) is 69.1 Å². The van der Waals surface area contributed by atoms with E-state index >= 15 is 0 Å². The van der Waals surface area contributed by atoms with Crippen LogP contribution in [0.3, 0.4) is 0 Å². The second-order valence-corrected chi connectivity index (χ2v) is 10.7. The smallest absolute Gasteiger partial charge is 0.410 e. The number of rotatable bonds is 12. The first-order valence-corrected chi connectivity index (χ1v) is 12.4. The lowest BCUT2D eigenvalue weighted by atomic mass is 9.79. The summed E-state index contributed by atoms with van der Waals surface area (Å²) < 4.78 is 22.1. The van der Waals surface area contributed by atoms with Gasteiger partial charge in [0.2, 0.25) is 0 Å². The molecular weight excluding hydrogens is 434 g/mol. The van der Waals surface area contributed by atoms with Crippen LogP contribution in [0.1, 0.15) is 53.0 Å². The van der Waals surface area contributed by atoms with Crippen LogP contribution in [0.15, 0.2) is 18.2 Å². The lowest BCUT2D eigenvalue weighted by molar-refractivity contribution is 0.0280. The molecule has 1 aliphatic heterocycles. The van der Waals surface area contributed by atoms with Crippen molar-refractivity contribution < 1.29 is 28.8 Å². The predicted octanol–water partition coefficient (Wildman–Crippen LogP) is 4.79. The number of ether oxygens (including phenoxy) is 4. The molecule has 1 aromatic carbocycles. The maximum atomic E-state index is 12.6. The van der Waals surface area contributed by atoms with Crippen molar-refractivity contribution in [3.05, 3.63) is 23.8 Å². The molecule has 7 nitrogen and oxygen atoms in total. The van der Waals surface area contributed by atoms with Crippen LogP contribution in [0.25, 0.3) is 0 Å². The summed E-state index contributed by atoms with van der Waals surface area (Å²) in [7, 11) is 3.34. The number of hydrogen-bond acceptors (Lipinski definition) is 6. The van der Waals surface area contributed by atoms with Gasteiger partial charge in [0.25, 0.3) is 0 Å². The Morgan fingerprint density at radius 2 is 1.82 bits per heavy atom. The standard InChI is InChI=1S/C27H45NO6/c1-19(2)21(13-20-9-10-24(32-7)25(14-20)33-12-8-11-31-6)15-22-16-28(17-23(22)18-29)26(30)34-27(3,4)5/h9-10,14,19,21-23,29H,8,11-13,15-18H2,1-7H3/t21-,22+,23-/m0/s1. The third-order valence-electron chi connectivity index (χ3n) is 6.49. The van der Waals surface area contributed by atoms with E-state index in [0.717, 1.165) is 30.8 Å². The number of carbonyl (C=O) groups excluding carboxylic acids is 1. The summed E-state index contributed by atoms with van der Waals surface area (Å²) >= 11 is 0. The summed E-state index contributed by atoms with van der Waals surface area (Å²) in [4.78, 5) is 14.3. The average molecular weight is 480 g/mol. The summed E-state index contributed by atoms with van der Waals surface area (Å²) in [6, 6.07) is 6.14. The fraction of sp³-hybridized carbons (Fsp3) is 0.741.